The van der Waals surface area contributed by atoms with Crippen LogP contribution in [0.2, 0.25) is 0 Å². The van der Waals surface area contributed by atoms with E-state index in [1.165, 1.54) is 0 Å². The third-order valence-corrected chi connectivity index (χ3v) is 3.40. The van der Waals surface area contributed by atoms with Crippen molar-refractivity contribution in [2.45, 2.75) is 32.9 Å². The molecule has 6 nitrogen and oxygen atoms in total. The van der Waals surface area contributed by atoms with Gasteiger partial charge in [0.05, 0.1) is 17.9 Å². The van der Waals surface area contributed by atoms with Crippen LogP contribution >= 0.6 is 0 Å². The van der Waals surface area contributed by atoms with E-state index in [4.69, 9.17) is 9.15 Å². The lowest BCUT2D eigenvalue weighted by atomic mass is 10.2. The molecule has 1 heterocycles. The monoisotopic (exact) mass is 331 g/mol. The molecule has 0 fully saturated rings. The molecule has 1 amide bonds. The van der Waals surface area contributed by atoms with Gasteiger partial charge >= 0.3 is 5.97 Å². The summed E-state index contributed by atoms with van der Waals surface area (Å²) in [5, 5.41) is 4.69. The van der Waals surface area contributed by atoms with Crippen LogP contribution in [0.25, 0.3) is 0 Å². The fourth-order valence-corrected chi connectivity index (χ4v) is 2.13. The van der Waals surface area contributed by atoms with E-state index in [-0.39, 0.29) is 30.6 Å². The first kappa shape index (κ1) is 17.7. The number of furan rings is 1. The minimum absolute atomic E-state index is 0.0685. The number of esters is 1. The van der Waals surface area contributed by atoms with Gasteiger partial charge in [-0.1, -0.05) is 0 Å². The summed E-state index contributed by atoms with van der Waals surface area (Å²) in [7, 11) is 0. The van der Waals surface area contributed by atoms with Crippen molar-refractivity contribution in [1.82, 2.24) is 0 Å². The quantitative estimate of drug-likeness (QED) is 0.761. The molecular weight excluding hydrogens is 308 g/mol. The van der Waals surface area contributed by atoms with E-state index in [0.717, 1.165) is 5.76 Å². The highest BCUT2D eigenvalue weighted by atomic mass is 16.5. The summed E-state index contributed by atoms with van der Waals surface area (Å²) < 4.78 is 10.4. The number of nitrogens with one attached hydrogen (secondary N) is 1. The molecule has 2 rings (SSSR count). The van der Waals surface area contributed by atoms with Crippen LogP contribution in [0.4, 0.5) is 5.69 Å². The van der Waals surface area contributed by atoms with Crippen LogP contribution in [0.5, 0.6) is 0 Å². The van der Waals surface area contributed by atoms with Gasteiger partial charge in [-0.05, 0) is 57.2 Å². The molecule has 0 aliphatic rings. The van der Waals surface area contributed by atoms with E-state index in [1.807, 2.05) is 24.4 Å². The van der Waals surface area contributed by atoms with Crippen LogP contribution in [0.3, 0.4) is 0 Å². The van der Waals surface area contributed by atoms with Gasteiger partial charge < -0.3 is 19.8 Å². The van der Waals surface area contributed by atoms with Crippen molar-refractivity contribution in [3.8, 4) is 0 Å². The molecule has 1 aromatic heterocycles. The van der Waals surface area contributed by atoms with Gasteiger partial charge in [0.1, 0.15) is 6.04 Å². The van der Waals surface area contributed by atoms with Gasteiger partial charge in [-0.15, -0.1) is 0 Å². The summed E-state index contributed by atoms with van der Waals surface area (Å²) in [4.78, 5) is 23.7. The highest BCUT2D eigenvalue weighted by Crippen LogP contribution is 2.11. The summed E-state index contributed by atoms with van der Waals surface area (Å²) in [6.07, 6.45) is 1.45. The molecule has 2 aromatic rings. The van der Waals surface area contributed by atoms with Crippen LogP contribution in [-0.2, 0) is 9.53 Å². The highest BCUT2D eigenvalue weighted by molar-refractivity contribution is 5.93. The third-order valence-electron chi connectivity index (χ3n) is 3.40. The zero-order valence-corrected chi connectivity index (χ0v) is 14.1. The first-order chi connectivity index (χ1) is 11.5. The number of rotatable bonds is 7. The molecule has 1 atom stereocenters. The molecule has 0 spiro atoms. The number of benzene rings is 1. The lowest BCUT2D eigenvalue weighted by Gasteiger charge is -2.10. The van der Waals surface area contributed by atoms with Crippen molar-refractivity contribution in [1.29, 1.82) is 0 Å². The maximum atomic E-state index is 12.0. The average Bonchev–Trinajstić information content (AvgIpc) is 3.07. The van der Waals surface area contributed by atoms with E-state index in [2.05, 4.69) is 5.32 Å². The summed E-state index contributed by atoms with van der Waals surface area (Å²) in [6.45, 7) is 5.85. The maximum absolute atomic E-state index is 12.0. The standard InChI is InChI=1S/C18H22N2O4/c1-12(2)24-18(22)14-6-8-15(9-7-14)20-17(21)11-19-13(3)16-5-4-10-23-16/h4-10,12-13,19H,11H2,1-3H3,(H,20,21)/p+1/t13-/m1/s1. The molecule has 0 aliphatic carbocycles. The molecule has 6 heteroatoms. The molecule has 0 unspecified atom stereocenters. The number of hydrogen-bond acceptors (Lipinski definition) is 4. The average molecular weight is 331 g/mol. The molecule has 0 bridgehead atoms. The molecule has 3 N–H and O–H groups in total. The van der Waals surface area contributed by atoms with Crippen molar-refractivity contribution >= 4 is 17.6 Å². The number of hydrogen-bond donors (Lipinski definition) is 2. The number of anilines is 1. The predicted molar refractivity (Wildman–Crippen MR) is 89.5 cm³/mol. The lowest BCUT2D eigenvalue weighted by molar-refractivity contribution is -0.684. The first-order valence-corrected chi connectivity index (χ1v) is 7.93. The Morgan fingerprint density at radius 3 is 2.46 bits per heavy atom. The van der Waals surface area contributed by atoms with E-state index in [0.29, 0.717) is 11.3 Å². The third kappa shape index (κ3) is 5.24. The Hall–Kier alpha value is -2.60. The Balaban J connectivity index is 1.82. The van der Waals surface area contributed by atoms with E-state index in [1.54, 1.807) is 44.4 Å². The number of nitrogens with two attached hydrogens (primary N) is 1. The fraction of sp³-hybridized carbons (Fsp3) is 0.333. The van der Waals surface area contributed by atoms with Crippen molar-refractivity contribution in [3.05, 3.63) is 54.0 Å². The summed E-state index contributed by atoms with van der Waals surface area (Å²) >= 11 is 0. The number of carbonyl (C=O) groups is 2. The van der Waals surface area contributed by atoms with Gasteiger partial charge in [0.25, 0.3) is 5.91 Å². The molecule has 0 radical (unpaired) electrons. The molecule has 0 saturated carbocycles. The number of carbonyl (C=O) groups excluding carboxylic acids is 2. The van der Waals surface area contributed by atoms with Gasteiger partial charge in [0.15, 0.2) is 12.3 Å². The van der Waals surface area contributed by atoms with Crippen LogP contribution < -0.4 is 10.6 Å². The van der Waals surface area contributed by atoms with Crippen molar-refractivity contribution in [3.63, 3.8) is 0 Å². The van der Waals surface area contributed by atoms with Gasteiger partial charge in [-0.3, -0.25) is 4.79 Å². The smallest absolute Gasteiger partial charge is 0.338 e. The van der Waals surface area contributed by atoms with Crippen molar-refractivity contribution in [2.75, 3.05) is 11.9 Å². The minimum Gasteiger partial charge on any atom is -0.463 e. The Morgan fingerprint density at radius 1 is 1.17 bits per heavy atom. The lowest BCUT2D eigenvalue weighted by Crippen LogP contribution is -2.86. The van der Waals surface area contributed by atoms with Crippen molar-refractivity contribution < 1.29 is 24.1 Å². The summed E-state index contributed by atoms with van der Waals surface area (Å²) in [5.74, 6) is 0.338. The number of ether oxygens (including phenoxy) is 1. The SMILES string of the molecule is CC(C)OC(=O)c1ccc(NC(=O)C[NH2+][C@H](C)c2ccco2)cc1. The Morgan fingerprint density at radius 2 is 1.88 bits per heavy atom. The predicted octanol–water partition coefficient (Wildman–Crippen LogP) is 2.11. The molecular formula is C18H23N2O4+. The zero-order valence-electron chi connectivity index (χ0n) is 14.1. The Kier molecular flexibility index (Phi) is 6.14. The number of amides is 1. The van der Waals surface area contributed by atoms with Crippen LogP contribution in [0.15, 0.2) is 47.1 Å². The minimum atomic E-state index is -0.372. The molecule has 24 heavy (non-hydrogen) atoms. The molecule has 128 valence electrons. The normalized spacial score (nSPS) is 12.0. The summed E-state index contributed by atoms with van der Waals surface area (Å²) in [6, 6.07) is 10.4. The van der Waals surface area contributed by atoms with Crippen LogP contribution in [0, 0.1) is 0 Å². The zero-order chi connectivity index (χ0) is 17.5. The number of quaternary nitrogens is 1. The van der Waals surface area contributed by atoms with Crippen LogP contribution in [0.1, 0.15) is 42.9 Å². The van der Waals surface area contributed by atoms with Crippen molar-refractivity contribution in [2.24, 2.45) is 0 Å². The molecule has 0 aliphatic heterocycles. The first-order valence-electron chi connectivity index (χ1n) is 7.93. The van der Waals surface area contributed by atoms with E-state index >= 15 is 0 Å². The second-order valence-corrected chi connectivity index (χ2v) is 5.82. The van der Waals surface area contributed by atoms with Gasteiger partial charge in [0.2, 0.25) is 0 Å². The maximum Gasteiger partial charge on any atom is 0.338 e. The van der Waals surface area contributed by atoms with Crippen LogP contribution in [-0.4, -0.2) is 24.5 Å². The Labute approximate surface area is 141 Å². The molecule has 0 saturated heterocycles. The fourth-order valence-electron chi connectivity index (χ4n) is 2.13. The van der Waals surface area contributed by atoms with E-state index < -0.39 is 0 Å². The topological polar surface area (TPSA) is 85.1 Å². The Bertz CT molecular complexity index is 663. The largest absolute Gasteiger partial charge is 0.463 e. The van der Waals surface area contributed by atoms with Gasteiger partial charge in [-0.2, -0.15) is 0 Å². The second kappa shape index (κ2) is 8.31. The van der Waals surface area contributed by atoms with Gasteiger partial charge in [-0.25, -0.2) is 4.79 Å². The second-order valence-electron chi connectivity index (χ2n) is 5.82. The molecule has 1 aromatic carbocycles. The van der Waals surface area contributed by atoms with E-state index in [9.17, 15) is 9.59 Å². The van der Waals surface area contributed by atoms with Gasteiger partial charge in [0, 0.05) is 5.69 Å². The summed E-state index contributed by atoms with van der Waals surface area (Å²) in [5.41, 5.74) is 1.10. The highest BCUT2D eigenvalue weighted by Gasteiger charge is 2.14.